The summed E-state index contributed by atoms with van der Waals surface area (Å²) < 4.78 is 28.7. The third-order valence-electron chi connectivity index (χ3n) is 3.55. The van der Waals surface area contributed by atoms with Crippen LogP contribution in [0.3, 0.4) is 0 Å². The quantitative estimate of drug-likeness (QED) is 0.714. The SMILES string of the molecule is CCOc1ccc(NC(=O)[C@H](C)OC(=O)[C@@H](C)Oc2ccc(F)cc2)cc1. The molecular formula is C20H22FNO5. The minimum Gasteiger partial charge on any atom is -0.494 e. The summed E-state index contributed by atoms with van der Waals surface area (Å²) in [6.07, 6.45) is -1.96. The van der Waals surface area contributed by atoms with E-state index in [-0.39, 0.29) is 0 Å². The fourth-order valence-electron chi connectivity index (χ4n) is 2.13. The number of halogens is 1. The zero-order valence-corrected chi connectivity index (χ0v) is 15.4. The van der Waals surface area contributed by atoms with Crippen molar-refractivity contribution >= 4 is 17.6 Å². The number of amides is 1. The molecular weight excluding hydrogens is 353 g/mol. The fourth-order valence-corrected chi connectivity index (χ4v) is 2.13. The van der Waals surface area contributed by atoms with E-state index in [0.29, 0.717) is 23.8 Å². The zero-order valence-electron chi connectivity index (χ0n) is 15.4. The van der Waals surface area contributed by atoms with Crippen LogP contribution in [0.4, 0.5) is 10.1 Å². The first-order valence-electron chi connectivity index (χ1n) is 8.55. The lowest BCUT2D eigenvalue weighted by Gasteiger charge is -2.18. The Morgan fingerprint density at radius 2 is 1.56 bits per heavy atom. The van der Waals surface area contributed by atoms with Gasteiger partial charge < -0.3 is 19.5 Å². The number of carbonyl (C=O) groups excluding carboxylic acids is 2. The lowest BCUT2D eigenvalue weighted by atomic mass is 10.2. The highest BCUT2D eigenvalue weighted by atomic mass is 19.1. The van der Waals surface area contributed by atoms with Crippen molar-refractivity contribution in [2.24, 2.45) is 0 Å². The van der Waals surface area contributed by atoms with Crippen LogP contribution in [0.2, 0.25) is 0 Å². The van der Waals surface area contributed by atoms with Crippen molar-refractivity contribution < 1.29 is 28.2 Å². The maximum Gasteiger partial charge on any atom is 0.347 e. The molecule has 0 aliphatic rings. The number of ether oxygens (including phenoxy) is 3. The summed E-state index contributed by atoms with van der Waals surface area (Å²) >= 11 is 0. The first-order chi connectivity index (χ1) is 12.9. The molecule has 0 spiro atoms. The Kier molecular flexibility index (Phi) is 7.16. The fraction of sp³-hybridized carbons (Fsp3) is 0.300. The summed E-state index contributed by atoms with van der Waals surface area (Å²) in [5.41, 5.74) is 0.557. The molecule has 2 atom stereocenters. The molecule has 0 radical (unpaired) electrons. The standard InChI is InChI=1S/C20H22FNO5/c1-4-25-17-11-7-16(8-12-17)22-19(23)13(2)27-20(24)14(3)26-18-9-5-15(21)6-10-18/h5-14H,4H2,1-3H3,(H,22,23)/t13-,14+/m0/s1. The van der Waals surface area contributed by atoms with Gasteiger partial charge in [0, 0.05) is 5.69 Å². The molecule has 2 aromatic carbocycles. The number of rotatable bonds is 8. The molecule has 0 fully saturated rings. The van der Waals surface area contributed by atoms with Crippen molar-refractivity contribution in [2.45, 2.75) is 33.0 Å². The molecule has 0 aliphatic carbocycles. The van der Waals surface area contributed by atoms with Gasteiger partial charge in [0.15, 0.2) is 12.2 Å². The second-order valence-corrected chi connectivity index (χ2v) is 5.74. The number of benzene rings is 2. The third-order valence-corrected chi connectivity index (χ3v) is 3.55. The van der Waals surface area contributed by atoms with Crippen molar-refractivity contribution in [3.05, 3.63) is 54.3 Å². The Hall–Kier alpha value is -3.09. The Morgan fingerprint density at radius 3 is 2.15 bits per heavy atom. The van der Waals surface area contributed by atoms with Gasteiger partial charge in [0.25, 0.3) is 5.91 Å². The van der Waals surface area contributed by atoms with Crippen LogP contribution in [0, 0.1) is 5.82 Å². The van der Waals surface area contributed by atoms with Crippen molar-refractivity contribution in [1.29, 1.82) is 0 Å². The van der Waals surface area contributed by atoms with Gasteiger partial charge in [-0.3, -0.25) is 4.79 Å². The number of hydrogen-bond acceptors (Lipinski definition) is 5. The highest BCUT2D eigenvalue weighted by Crippen LogP contribution is 2.17. The normalized spacial score (nSPS) is 12.6. The topological polar surface area (TPSA) is 73.9 Å². The Bertz CT molecular complexity index is 761. The molecule has 144 valence electrons. The van der Waals surface area contributed by atoms with Gasteiger partial charge in [-0.1, -0.05) is 0 Å². The number of hydrogen-bond donors (Lipinski definition) is 1. The molecule has 1 amide bonds. The van der Waals surface area contributed by atoms with Crippen LogP contribution >= 0.6 is 0 Å². The van der Waals surface area contributed by atoms with E-state index in [4.69, 9.17) is 14.2 Å². The van der Waals surface area contributed by atoms with Crippen LogP contribution < -0.4 is 14.8 Å². The molecule has 27 heavy (non-hydrogen) atoms. The number of nitrogens with one attached hydrogen (secondary N) is 1. The first-order valence-corrected chi connectivity index (χ1v) is 8.55. The summed E-state index contributed by atoms with van der Waals surface area (Å²) in [5, 5.41) is 2.66. The van der Waals surface area contributed by atoms with Crippen LogP contribution in [0.15, 0.2) is 48.5 Å². The van der Waals surface area contributed by atoms with Crippen molar-refractivity contribution in [3.8, 4) is 11.5 Å². The number of esters is 1. The Labute approximate surface area is 157 Å². The third kappa shape index (κ3) is 6.29. The molecule has 1 N–H and O–H groups in total. The largest absolute Gasteiger partial charge is 0.494 e. The second kappa shape index (κ2) is 9.56. The Balaban J connectivity index is 1.85. The van der Waals surface area contributed by atoms with Gasteiger partial charge >= 0.3 is 5.97 Å². The van der Waals surface area contributed by atoms with Crippen molar-refractivity contribution in [3.63, 3.8) is 0 Å². The maximum atomic E-state index is 12.9. The predicted molar refractivity (Wildman–Crippen MR) is 98.3 cm³/mol. The van der Waals surface area contributed by atoms with Gasteiger partial charge in [-0.2, -0.15) is 0 Å². The maximum absolute atomic E-state index is 12.9. The summed E-state index contributed by atoms with van der Waals surface area (Å²) in [6.45, 7) is 5.39. The van der Waals surface area contributed by atoms with Gasteiger partial charge in [0.05, 0.1) is 6.61 Å². The lowest BCUT2D eigenvalue weighted by molar-refractivity contribution is -0.159. The van der Waals surface area contributed by atoms with E-state index in [1.807, 2.05) is 6.92 Å². The predicted octanol–water partition coefficient (Wildman–Crippen LogP) is 3.56. The minimum atomic E-state index is -1.01. The molecule has 7 heteroatoms. The molecule has 6 nitrogen and oxygen atoms in total. The van der Waals surface area contributed by atoms with Gasteiger partial charge in [-0.15, -0.1) is 0 Å². The molecule has 0 saturated heterocycles. The number of anilines is 1. The molecule has 0 heterocycles. The molecule has 2 aromatic rings. The molecule has 0 bridgehead atoms. The van der Waals surface area contributed by atoms with Crippen molar-refractivity contribution in [2.75, 3.05) is 11.9 Å². The van der Waals surface area contributed by atoms with Crippen LogP contribution in [0.5, 0.6) is 11.5 Å². The lowest BCUT2D eigenvalue weighted by Crippen LogP contribution is -2.35. The summed E-state index contributed by atoms with van der Waals surface area (Å²) in [6, 6.07) is 12.1. The van der Waals surface area contributed by atoms with E-state index >= 15 is 0 Å². The van der Waals surface area contributed by atoms with E-state index in [0.717, 1.165) is 0 Å². The van der Waals surface area contributed by atoms with Gasteiger partial charge in [0.1, 0.15) is 17.3 Å². The van der Waals surface area contributed by atoms with Crippen LogP contribution in [-0.4, -0.2) is 30.7 Å². The van der Waals surface area contributed by atoms with Gasteiger partial charge in [-0.25, -0.2) is 9.18 Å². The molecule has 0 aliphatic heterocycles. The monoisotopic (exact) mass is 375 g/mol. The highest BCUT2D eigenvalue weighted by Gasteiger charge is 2.23. The molecule has 2 rings (SSSR count). The van der Waals surface area contributed by atoms with Crippen LogP contribution in [-0.2, 0) is 14.3 Å². The average molecular weight is 375 g/mol. The van der Waals surface area contributed by atoms with E-state index < -0.39 is 29.9 Å². The van der Waals surface area contributed by atoms with E-state index in [9.17, 15) is 14.0 Å². The molecule has 0 unspecified atom stereocenters. The average Bonchev–Trinajstić information content (AvgIpc) is 2.65. The van der Waals surface area contributed by atoms with Gasteiger partial charge in [-0.05, 0) is 69.3 Å². The smallest absolute Gasteiger partial charge is 0.347 e. The number of carbonyl (C=O) groups is 2. The van der Waals surface area contributed by atoms with E-state index in [1.165, 1.54) is 38.1 Å². The van der Waals surface area contributed by atoms with E-state index in [2.05, 4.69) is 5.32 Å². The van der Waals surface area contributed by atoms with E-state index in [1.54, 1.807) is 24.3 Å². The summed E-state index contributed by atoms with van der Waals surface area (Å²) in [4.78, 5) is 24.3. The molecule has 0 aromatic heterocycles. The second-order valence-electron chi connectivity index (χ2n) is 5.74. The van der Waals surface area contributed by atoms with Crippen molar-refractivity contribution in [1.82, 2.24) is 0 Å². The highest BCUT2D eigenvalue weighted by molar-refractivity contribution is 5.95. The summed E-state index contributed by atoms with van der Waals surface area (Å²) in [7, 11) is 0. The Morgan fingerprint density at radius 1 is 0.963 bits per heavy atom. The van der Waals surface area contributed by atoms with Crippen LogP contribution in [0.25, 0.3) is 0 Å². The summed E-state index contributed by atoms with van der Waals surface area (Å²) in [5.74, 6) is -0.554. The van der Waals surface area contributed by atoms with Gasteiger partial charge in [0.2, 0.25) is 0 Å². The zero-order chi connectivity index (χ0) is 19.8. The minimum absolute atomic E-state index is 0.326. The first kappa shape index (κ1) is 20.2. The van der Waals surface area contributed by atoms with Crippen LogP contribution in [0.1, 0.15) is 20.8 Å². The molecule has 0 saturated carbocycles.